The van der Waals surface area contributed by atoms with E-state index in [1.54, 1.807) is 19.9 Å². The molecule has 0 saturated carbocycles. The number of ether oxygens (including phenoxy) is 4. The largest absolute Gasteiger partial charge is 0.494 e. The molecule has 46 heavy (non-hydrogen) atoms. The predicted octanol–water partition coefficient (Wildman–Crippen LogP) is 5.64. The molecule has 238 valence electrons. The summed E-state index contributed by atoms with van der Waals surface area (Å²) in [5, 5.41) is 0. The number of fused-ring (bicyclic) bond motifs is 1. The first-order valence-electron chi connectivity index (χ1n) is 14.5. The van der Waals surface area contributed by atoms with Gasteiger partial charge in [0.1, 0.15) is 11.5 Å². The summed E-state index contributed by atoms with van der Waals surface area (Å²) >= 11 is 6.85. The Balaban J connectivity index is 1.75. The van der Waals surface area contributed by atoms with Crippen LogP contribution in [0.2, 0.25) is 0 Å². The maximum absolute atomic E-state index is 14.3. The Morgan fingerprint density at radius 1 is 0.978 bits per heavy atom. The first kappa shape index (κ1) is 33.6. The molecule has 12 heteroatoms. The van der Waals surface area contributed by atoms with Gasteiger partial charge >= 0.3 is 11.9 Å². The van der Waals surface area contributed by atoms with Crippen molar-refractivity contribution in [2.75, 3.05) is 26.4 Å². The van der Waals surface area contributed by atoms with Crippen molar-refractivity contribution in [2.45, 2.75) is 26.8 Å². The first-order chi connectivity index (χ1) is 22.2. The number of hydrogen-bond donors (Lipinski definition) is 0. The fourth-order valence-corrected chi connectivity index (χ4v) is 7.68. The molecule has 0 unspecified atom stereocenters. The van der Waals surface area contributed by atoms with Crippen LogP contribution < -0.4 is 24.4 Å². The van der Waals surface area contributed by atoms with Crippen LogP contribution in [0, 0.1) is 3.57 Å². The van der Waals surface area contributed by atoms with Crippen molar-refractivity contribution in [1.29, 1.82) is 0 Å². The Morgan fingerprint density at radius 3 is 2.37 bits per heavy atom. The highest BCUT2D eigenvalue weighted by Gasteiger charge is 2.35. The van der Waals surface area contributed by atoms with Crippen LogP contribution in [0.1, 0.15) is 43.5 Å². The van der Waals surface area contributed by atoms with Crippen LogP contribution in [0.4, 0.5) is 0 Å². The Kier molecular flexibility index (Phi) is 11.1. The van der Waals surface area contributed by atoms with E-state index in [1.165, 1.54) is 15.9 Å². The van der Waals surface area contributed by atoms with Gasteiger partial charge in [-0.15, -0.1) is 0 Å². The van der Waals surface area contributed by atoms with Crippen LogP contribution in [-0.2, 0) is 19.1 Å². The van der Waals surface area contributed by atoms with Crippen LogP contribution in [0.5, 0.6) is 11.5 Å². The lowest BCUT2D eigenvalue weighted by molar-refractivity contribution is -0.145. The molecule has 0 radical (unpaired) electrons. The molecule has 0 amide bonds. The Morgan fingerprint density at radius 2 is 1.70 bits per heavy atom. The number of benzene rings is 3. The SMILES string of the molecule is CCOC(=O)COc1c(I)cc(Br)cc1/C=c1\sc2n(c1=O)[C@@H](c1ccc(OCC)cc1)C(C(=O)OCC)=C(c1ccccc1)N=2. The van der Waals surface area contributed by atoms with E-state index in [0.29, 0.717) is 44.3 Å². The zero-order valence-electron chi connectivity index (χ0n) is 25.3. The summed E-state index contributed by atoms with van der Waals surface area (Å²) in [4.78, 5) is 45.4. The third kappa shape index (κ3) is 7.29. The van der Waals surface area contributed by atoms with Crippen molar-refractivity contribution in [1.82, 2.24) is 4.57 Å². The van der Waals surface area contributed by atoms with Gasteiger partial charge in [0.2, 0.25) is 0 Å². The standard InChI is InChI=1S/C34H30BrIN2O7S/c1-4-42-24-14-12-21(13-15-24)30-28(33(41)44-6-3)29(20-10-8-7-9-11-20)37-34-38(30)32(40)26(46-34)17-22-16-23(35)18-25(36)31(22)45-19-27(39)43-5-2/h7-18,30H,4-6,19H2,1-3H3/b26-17-/t30-/m0/s1. The number of rotatable bonds is 11. The van der Waals surface area contributed by atoms with E-state index in [4.69, 9.17) is 23.9 Å². The molecule has 2 heterocycles. The van der Waals surface area contributed by atoms with Crippen LogP contribution in [0.15, 0.2) is 86.6 Å². The highest BCUT2D eigenvalue weighted by Crippen LogP contribution is 2.36. The van der Waals surface area contributed by atoms with Crippen LogP contribution in [0.25, 0.3) is 11.8 Å². The van der Waals surface area contributed by atoms with E-state index in [9.17, 15) is 14.4 Å². The maximum atomic E-state index is 14.3. The average molecular weight is 817 g/mol. The normalized spacial score (nSPS) is 14.4. The number of carbonyl (C=O) groups is 2. The highest BCUT2D eigenvalue weighted by atomic mass is 127. The quantitative estimate of drug-likeness (QED) is 0.143. The molecule has 1 atom stereocenters. The summed E-state index contributed by atoms with van der Waals surface area (Å²) in [6, 6.07) is 19.5. The van der Waals surface area contributed by atoms with E-state index >= 15 is 0 Å². The smallest absolute Gasteiger partial charge is 0.344 e. The Hall–Kier alpha value is -3.75. The van der Waals surface area contributed by atoms with Gasteiger partial charge in [-0.3, -0.25) is 9.36 Å². The van der Waals surface area contributed by atoms with Crippen molar-refractivity contribution < 1.29 is 28.5 Å². The van der Waals surface area contributed by atoms with E-state index in [0.717, 1.165) is 13.6 Å². The Labute approximate surface area is 291 Å². The maximum Gasteiger partial charge on any atom is 0.344 e. The summed E-state index contributed by atoms with van der Waals surface area (Å²) < 4.78 is 25.5. The van der Waals surface area contributed by atoms with E-state index in [2.05, 4.69) is 38.5 Å². The van der Waals surface area contributed by atoms with Gasteiger partial charge in [-0.05, 0) is 79.3 Å². The lowest BCUT2D eigenvalue weighted by Crippen LogP contribution is -2.40. The predicted molar refractivity (Wildman–Crippen MR) is 188 cm³/mol. The Bertz CT molecular complexity index is 1970. The molecule has 1 aliphatic heterocycles. The summed E-state index contributed by atoms with van der Waals surface area (Å²) in [6.45, 7) is 5.98. The molecule has 0 fully saturated rings. The summed E-state index contributed by atoms with van der Waals surface area (Å²) in [6.07, 6.45) is 1.71. The van der Waals surface area contributed by atoms with Gasteiger partial charge in [-0.25, -0.2) is 14.6 Å². The lowest BCUT2D eigenvalue weighted by Gasteiger charge is -2.26. The number of hydrogen-bond acceptors (Lipinski definition) is 9. The number of carbonyl (C=O) groups excluding carboxylic acids is 2. The number of esters is 2. The molecule has 0 N–H and O–H groups in total. The molecule has 1 aromatic heterocycles. The van der Waals surface area contributed by atoms with Crippen LogP contribution >= 0.6 is 49.9 Å². The third-order valence-corrected chi connectivity index (χ3v) is 9.09. The third-order valence-electron chi connectivity index (χ3n) is 6.84. The number of nitrogens with zero attached hydrogens (tertiary/aromatic N) is 2. The van der Waals surface area contributed by atoms with E-state index in [1.807, 2.05) is 73.7 Å². The molecular formula is C34H30BrIN2O7S. The second-order valence-corrected chi connectivity index (χ2v) is 12.9. The molecule has 5 rings (SSSR count). The second-order valence-electron chi connectivity index (χ2n) is 9.83. The van der Waals surface area contributed by atoms with Gasteiger partial charge in [-0.1, -0.05) is 69.7 Å². The van der Waals surface area contributed by atoms with Crippen LogP contribution in [0.3, 0.4) is 0 Å². The van der Waals surface area contributed by atoms with Crippen molar-refractivity contribution in [3.05, 3.63) is 117 Å². The summed E-state index contributed by atoms with van der Waals surface area (Å²) in [7, 11) is 0. The molecule has 1 aliphatic rings. The fourth-order valence-electron chi connectivity index (χ4n) is 4.98. The van der Waals surface area contributed by atoms with Crippen molar-refractivity contribution >= 4 is 73.6 Å². The van der Waals surface area contributed by atoms with Gasteiger partial charge in [0.15, 0.2) is 11.4 Å². The zero-order valence-corrected chi connectivity index (χ0v) is 29.8. The fraction of sp³-hybridized carbons (Fsp3) is 0.235. The number of aromatic nitrogens is 1. The van der Waals surface area contributed by atoms with Gasteiger partial charge in [0.25, 0.3) is 5.56 Å². The zero-order chi connectivity index (χ0) is 32.8. The van der Waals surface area contributed by atoms with E-state index in [-0.39, 0.29) is 31.0 Å². The highest BCUT2D eigenvalue weighted by molar-refractivity contribution is 14.1. The number of thiazole rings is 1. The molecule has 0 spiro atoms. The second kappa shape index (κ2) is 15.2. The molecule has 3 aromatic carbocycles. The average Bonchev–Trinajstić information content (AvgIpc) is 3.35. The molecule has 0 aliphatic carbocycles. The van der Waals surface area contributed by atoms with Crippen molar-refractivity contribution in [2.24, 2.45) is 4.99 Å². The van der Waals surface area contributed by atoms with Crippen molar-refractivity contribution in [3.8, 4) is 11.5 Å². The van der Waals surface area contributed by atoms with E-state index < -0.39 is 18.0 Å². The van der Waals surface area contributed by atoms with Gasteiger partial charge in [-0.2, -0.15) is 0 Å². The first-order valence-corrected chi connectivity index (χ1v) is 17.2. The van der Waals surface area contributed by atoms with Gasteiger partial charge < -0.3 is 18.9 Å². The summed E-state index contributed by atoms with van der Waals surface area (Å²) in [5.74, 6) is 0.0439. The monoisotopic (exact) mass is 816 g/mol. The molecule has 0 bridgehead atoms. The topological polar surface area (TPSA) is 105 Å². The molecule has 9 nitrogen and oxygen atoms in total. The van der Waals surface area contributed by atoms with Gasteiger partial charge in [0.05, 0.1) is 45.2 Å². The molecular weight excluding hydrogens is 787 g/mol. The minimum Gasteiger partial charge on any atom is -0.494 e. The lowest BCUT2D eigenvalue weighted by atomic mass is 9.93. The summed E-state index contributed by atoms with van der Waals surface area (Å²) in [5.41, 5.74) is 2.34. The minimum atomic E-state index is -0.828. The molecule has 4 aromatic rings. The molecule has 0 saturated heterocycles. The van der Waals surface area contributed by atoms with Gasteiger partial charge in [0, 0.05) is 15.6 Å². The number of halogens is 2. The van der Waals surface area contributed by atoms with Crippen LogP contribution in [-0.4, -0.2) is 42.9 Å². The van der Waals surface area contributed by atoms with Crippen molar-refractivity contribution in [3.63, 3.8) is 0 Å². The minimum absolute atomic E-state index is 0.154.